The summed E-state index contributed by atoms with van der Waals surface area (Å²) in [4.78, 5) is 26.0. The number of carbonyl (C=O) groups excluding carboxylic acids is 1. The maximum atomic E-state index is 12.1. The third-order valence-electron chi connectivity index (χ3n) is 4.90. The summed E-state index contributed by atoms with van der Waals surface area (Å²) in [5.74, 6) is -0.292. The van der Waals surface area contributed by atoms with Gasteiger partial charge in [-0.2, -0.15) is 0 Å². The second-order valence-electron chi connectivity index (χ2n) is 7.05. The van der Waals surface area contributed by atoms with Crippen molar-refractivity contribution in [3.05, 3.63) is 112 Å². The highest BCUT2D eigenvalue weighted by atomic mass is 16.4. The van der Waals surface area contributed by atoms with E-state index in [-0.39, 0.29) is 11.3 Å². The number of hydrogen-bond donors (Lipinski definition) is 0. The van der Waals surface area contributed by atoms with E-state index in [9.17, 15) is 9.59 Å². The summed E-state index contributed by atoms with van der Waals surface area (Å²) in [6.07, 6.45) is 0. The predicted molar refractivity (Wildman–Crippen MR) is 115 cm³/mol. The molecule has 0 saturated heterocycles. The fourth-order valence-electron chi connectivity index (χ4n) is 3.39. The summed E-state index contributed by atoms with van der Waals surface area (Å²) in [7, 11) is 0. The molecule has 4 heteroatoms. The predicted octanol–water partition coefficient (Wildman–Crippen LogP) is 5.20. The van der Waals surface area contributed by atoms with Gasteiger partial charge in [-0.05, 0) is 36.2 Å². The van der Waals surface area contributed by atoms with Crippen LogP contribution in [-0.4, -0.2) is 5.78 Å². The Morgan fingerprint density at radius 1 is 0.828 bits per heavy atom. The lowest BCUT2D eigenvalue weighted by Gasteiger charge is -2.25. The molecule has 0 saturated carbocycles. The molecule has 0 aliphatic heterocycles. The zero-order valence-electron chi connectivity index (χ0n) is 16.2. The number of Topliss-reactive ketones (excluding diaryl/α,β-unsaturated/α-hetero) is 1. The lowest BCUT2D eigenvalue weighted by molar-refractivity contribution is 0.101. The van der Waals surface area contributed by atoms with Crippen LogP contribution in [-0.2, 0) is 13.1 Å². The monoisotopic (exact) mass is 383 g/mol. The molecule has 4 nitrogen and oxygen atoms in total. The Labute approximate surface area is 169 Å². The molecule has 0 aliphatic carbocycles. The van der Waals surface area contributed by atoms with E-state index in [4.69, 9.17) is 4.42 Å². The highest BCUT2D eigenvalue weighted by Gasteiger charge is 2.13. The van der Waals surface area contributed by atoms with Crippen molar-refractivity contribution in [3.63, 3.8) is 0 Å². The Morgan fingerprint density at radius 2 is 1.41 bits per heavy atom. The molecule has 0 amide bonds. The second kappa shape index (κ2) is 8.15. The summed E-state index contributed by atoms with van der Waals surface area (Å²) in [5.41, 5.74) is 3.29. The largest absolute Gasteiger partial charge is 0.422 e. The van der Waals surface area contributed by atoms with Crippen molar-refractivity contribution in [2.45, 2.75) is 20.0 Å². The van der Waals surface area contributed by atoms with Gasteiger partial charge in [-0.1, -0.05) is 60.7 Å². The van der Waals surface area contributed by atoms with Gasteiger partial charge in [-0.3, -0.25) is 4.79 Å². The lowest BCUT2D eigenvalue weighted by atomic mass is 10.1. The molecule has 0 fully saturated rings. The van der Waals surface area contributed by atoms with Gasteiger partial charge in [0.25, 0.3) is 0 Å². The standard InChI is InChI=1S/C25H21NO3/c1-18(27)23-14-21-12-13-22(15-24(21)29-25(23)28)26(16-19-8-4-2-5-9-19)17-20-10-6-3-7-11-20/h2-15H,16-17H2,1H3. The molecule has 1 aromatic heterocycles. The van der Waals surface area contributed by atoms with Crippen LogP contribution in [0.3, 0.4) is 0 Å². The average molecular weight is 383 g/mol. The molecule has 0 aliphatic rings. The zero-order valence-corrected chi connectivity index (χ0v) is 16.2. The minimum atomic E-state index is -0.597. The average Bonchev–Trinajstić information content (AvgIpc) is 2.73. The Morgan fingerprint density at radius 3 is 1.97 bits per heavy atom. The number of ketones is 1. The highest BCUT2D eigenvalue weighted by Crippen LogP contribution is 2.25. The first kappa shape index (κ1) is 18.7. The van der Waals surface area contributed by atoms with Crippen LogP contribution in [0.5, 0.6) is 0 Å². The second-order valence-corrected chi connectivity index (χ2v) is 7.05. The maximum Gasteiger partial charge on any atom is 0.347 e. The first-order valence-corrected chi connectivity index (χ1v) is 9.52. The molecular formula is C25H21NO3. The third kappa shape index (κ3) is 4.27. The van der Waals surface area contributed by atoms with Gasteiger partial charge in [0.1, 0.15) is 11.1 Å². The zero-order chi connectivity index (χ0) is 20.2. The molecule has 4 aromatic rings. The fraction of sp³-hybridized carbons (Fsp3) is 0.120. The smallest absolute Gasteiger partial charge is 0.347 e. The number of anilines is 1. The van der Waals surface area contributed by atoms with E-state index in [1.165, 1.54) is 18.1 Å². The Balaban J connectivity index is 1.74. The van der Waals surface area contributed by atoms with E-state index >= 15 is 0 Å². The van der Waals surface area contributed by atoms with Crippen molar-refractivity contribution in [1.82, 2.24) is 0 Å². The first-order valence-electron chi connectivity index (χ1n) is 9.52. The van der Waals surface area contributed by atoms with E-state index in [0.29, 0.717) is 5.58 Å². The molecule has 0 atom stereocenters. The number of fused-ring (bicyclic) bond motifs is 1. The maximum absolute atomic E-state index is 12.1. The van der Waals surface area contributed by atoms with Crippen molar-refractivity contribution >= 4 is 22.4 Å². The number of benzene rings is 3. The van der Waals surface area contributed by atoms with Crippen molar-refractivity contribution in [2.75, 3.05) is 4.90 Å². The molecule has 0 bridgehead atoms. The summed E-state index contributed by atoms with van der Waals surface area (Å²) in [5, 5.41) is 0.734. The van der Waals surface area contributed by atoms with E-state index in [2.05, 4.69) is 29.2 Å². The van der Waals surface area contributed by atoms with Crippen molar-refractivity contribution in [2.24, 2.45) is 0 Å². The molecule has 0 N–H and O–H groups in total. The lowest BCUT2D eigenvalue weighted by Crippen LogP contribution is -2.22. The van der Waals surface area contributed by atoms with Gasteiger partial charge in [0, 0.05) is 30.2 Å². The van der Waals surface area contributed by atoms with Gasteiger partial charge in [-0.15, -0.1) is 0 Å². The number of nitrogens with zero attached hydrogens (tertiary/aromatic N) is 1. The van der Waals surface area contributed by atoms with Crippen LogP contribution in [0.1, 0.15) is 28.4 Å². The quantitative estimate of drug-likeness (QED) is 0.339. The summed E-state index contributed by atoms with van der Waals surface area (Å²) in [6.45, 7) is 2.81. The molecule has 0 unspecified atom stereocenters. The highest BCUT2D eigenvalue weighted by molar-refractivity contribution is 5.96. The van der Waals surface area contributed by atoms with Crippen LogP contribution in [0.25, 0.3) is 11.0 Å². The van der Waals surface area contributed by atoms with Gasteiger partial charge in [0.2, 0.25) is 0 Å². The summed E-state index contributed by atoms with van der Waals surface area (Å²) in [6, 6.07) is 27.9. The van der Waals surface area contributed by atoms with E-state index < -0.39 is 5.63 Å². The molecule has 0 radical (unpaired) electrons. The van der Waals surface area contributed by atoms with Gasteiger partial charge >= 0.3 is 5.63 Å². The van der Waals surface area contributed by atoms with Crippen molar-refractivity contribution in [1.29, 1.82) is 0 Å². The van der Waals surface area contributed by atoms with Gasteiger partial charge in [0.05, 0.1) is 0 Å². The summed E-state index contributed by atoms with van der Waals surface area (Å²) < 4.78 is 5.44. The van der Waals surface area contributed by atoms with E-state index in [1.54, 1.807) is 6.07 Å². The van der Waals surface area contributed by atoms with Crippen LogP contribution in [0, 0.1) is 0 Å². The molecule has 4 rings (SSSR count). The Bertz CT molecular complexity index is 1160. The van der Waals surface area contributed by atoms with Crippen LogP contribution in [0.4, 0.5) is 5.69 Å². The normalized spacial score (nSPS) is 10.8. The molecule has 0 spiro atoms. The number of hydrogen-bond acceptors (Lipinski definition) is 4. The number of carbonyl (C=O) groups is 1. The van der Waals surface area contributed by atoms with Gasteiger partial charge in [0.15, 0.2) is 5.78 Å². The Kier molecular flexibility index (Phi) is 5.25. The van der Waals surface area contributed by atoms with Crippen LogP contribution >= 0.6 is 0 Å². The topological polar surface area (TPSA) is 50.5 Å². The van der Waals surface area contributed by atoms with Crippen molar-refractivity contribution in [3.8, 4) is 0 Å². The Hall–Kier alpha value is -3.66. The third-order valence-corrected chi connectivity index (χ3v) is 4.90. The first-order chi connectivity index (χ1) is 14.1. The minimum absolute atomic E-state index is 0.0793. The molecular weight excluding hydrogens is 362 g/mol. The van der Waals surface area contributed by atoms with E-state index in [0.717, 1.165) is 24.2 Å². The molecule has 3 aromatic carbocycles. The molecule has 144 valence electrons. The van der Waals surface area contributed by atoms with Gasteiger partial charge in [-0.25, -0.2) is 4.79 Å². The van der Waals surface area contributed by atoms with Crippen molar-refractivity contribution < 1.29 is 9.21 Å². The van der Waals surface area contributed by atoms with Crippen LogP contribution < -0.4 is 10.5 Å². The van der Waals surface area contributed by atoms with Crippen LogP contribution in [0.15, 0.2) is 94.1 Å². The number of rotatable bonds is 6. The molecule has 29 heavy (non-hydrogen) atoms. The summed E-state index contributed by atoms with van der Waals surface area (Å²) >= 11 is 0. The SMILES string of the molecule is CC(=O)c1cc2ccc(N(Cc3ccccc3)Cc3ccccc3)cc2oc1=O. The minimum Gasteiger partial charge on any atom is -0.422 e. The van der Waals surface area contributed by atoms with E-state index in [1.807, 2.05) is 54.6 Å². The fourth-order valence-corrected chi connectivity index (χ4v) is 3.39. The molecule has 1 heterocycles. The van der Waals surface area contributed by atoms with Crippen LogP contribution in [0.2, 0.25) is 0 Å². The van der Waals surface area contributed by atoms with Gasteiger partial charge < -0.3 is 9.32 Å².